The number of hydrogen-bond donors (Lipinski definition) is 0. The Morgan fingerprint density at radius 3 is 2.82 bits per heavy atom. The molecule has 0 bridgehead atoms. The number of carbonyl (C=O) groups is 2. The maximum Gasteiger partial charge on any atom is 0.146 e. The molecule has 11 heavy (non-hydrogen) atoms. The molecule has 1 atom stereocenters. The summed E-state index contributed by atoms with van der Waals surface area (Å²) in [7, 11) is 0. The van der Waals surface area contributed by atoms with Crippen LogP contribution in [0.25, 0.3) is 0 Å². The Bertz CT molecular complexity index is 242. The molecule has 0 aromatic heterocycles. The third-order valence-electron chi connectivity index (χ3n) is 1.51. The summed E-state index contributed by atoms with van der Waals surface area (Å²) in [5.41, 5.74) is 0.636. The highest BCUT2D eigenvalue weighted by atomic mass is 79.9. The zero-order valence-corrected chi connectivity index (χ0v) is 7.37. The van der Waals surface area contributed by atoms with Crippen LogP contribution in [0.15, 0.2) is 23.8 Å². The smallest absolute Gasteiger partial charge is 0.146 e. The molecule has 0 fully saturated rings. The van der Waals surface area contributed by atoms with Crippen LogP contribution in [0, 0.1) is 0 Å². The molecule has 0 saturated heterocycles. The lowest BCUT2D eigenvalue weighted by molar-refractivity contribution is -0.108. The van der Waals surface area contributed by atoms with Crippen LogP contribution in [0.3, 0.4) is 0 Å². The molecule has 1 aliphatic carbocycles. The third-order valence-corrected chi connectivity index (χ3v) is 2.24. The van der Waals surface area contributed by atoms with Gasteiger partial charge in [0, 0.05) is 6.42 Å². The Kier molecular flexibility index (Phi) is 2.39. The molecule has 0 saturated carbocycles. The van der Waals surface area contributed by atoms with Crippen LogP contribution >= 0.6 is 15.9 Å². The first kappa shape index (κ1) is 8.40. The number of halogens is 1. The second-order valence-electron chi connectivity index (χ2n) is 2.44. The molecule has 0 N–H and O–H groups in total. The molecule has 0 spiro atoms. The van der Waals surface area contributed by atoms with E-state index in [4.69, 9.17) is 0 Å². The van der Waals surface area contributed by atoms with Crippen LogP contribution in [-0.4, -0.2) is 16.9 Å². The summed E-state index contributed by atoms with van der Waals surface area (Å²) in [5.74, 6) is 0. The first-order chi connectivity index (χ1) is 5.20. The van der Waals surface area contributed by atoms with Gasteiger partial charge in [0.25, 0.3) is 0 Å². The number of aldehydes is 2. The molecule has 0 aliphatic heterocycles. The fourth-order valence-corrected chi connectivity index (χ4v) is 1.40. The normalized spacial score (nSPS) is 29.4. The zero-order valence-electron chi connectivity index (χ0n) is 5.79. The Morgan fingerprint density at radius 1 is 1.55 bits per heavy atom. The SMILES string of the molecule is O=CC1=CC=CC(Br)(C=O)C1. The van der Waals surface area contributed by atoms with Crippen molar-refractivity contribution >= 4 is 28.5 Å². The highest BCUT2D eigenvalue weighted by molar-refractivity contribution is 9.10. The largest absolute Gasteiger partial charge is 0.301 e. The van der Waals surface area contributed by atoms with Crippen LogP contribution in [0.1, 0.15) is 6.42 Å². The first-order valence-electron chi connectivity index (χ1n) is 3.19. The standard InChI is InChI=1S/C8H7BrO2/c9-8(6-11)3-1-2-7(4-8)5-10/h1-3,5-6H,4H2. The molecule has 0 radical (unpaired) electrons. The lowest BCUT2D eigenvalue weighted by Gasteiger charge is -2.18. The topological polar surface area (TPSA) is 34.1 Å². The minimum absolute atomic E-state index is 0.441. The van der Waals surface area contributed by atoms with Gasteiger partial charge in [-0.3, -0.25) is 4.79 Å². The van der Waals surface area contributed by atoms with Gasteiger partial charge >= 0.3 is 0 Å². The quantitative estimate of drug-likeness (QED) is 0.515. The van der Waals surface area contributed by atoms with Crippen molar-refractivity contribution in [1.29, 1.82) is 0 Å². The fraction of sp³-hybridized carbons (Fsp3) is 0.250. The molecule has 0 heterocycles. The van der Waals surface area contributed by atoms with Crippen molar-refractivity contribution in [3.63, 3.8) is 0 Å². The Hall–Kier alpha value is -0.700. The predicted molar refractivity (Wildman–Crippen MR) is 45.6 cm³/mol. The Balaban J connectivity index is 2.84. The van der Waals surface area contributed by atoms with Crippen LogP contribution in [-0.2, 0) is 9.59 Å². The van der Waals surface area contributed by atoms with Crippen molar-refractivity contribution in [1.82, 2.24) is 0 Å². The molecule has 1 aliphatic rings. The first-order valence-corrected chi connectivity index (χ1v) is 3.98. The molecule has 1 unspecified atom stereocenters. The van der Waals surface area contributed by atoms with Crippen molar-refractivity contribution in [2.24, 2.45) is 0 Å². The van der Waals surface area contributed by atoms with E-state index in [0.717, 1.165) is 12.6 Å². The summed E-state index contributed by atoms with van der Waals surface area (Å²) in [6.45, 7) is 0. The molecule has 58 valence electrons. The van der Waals surface area contributed by atoms with Crippen molar-refractivity contribution in [3.05, 3.63) is 23.8 Å². The summed E-state index contributed by atoms with van der Waals surface area (Å²) in [4.78, 5) is 20.8. The van der Waals surface area contributed by atoms with Crippen molar-refractivity contribution in [3.8, 4) is 0 Å². The van der Waals surface area contributed by atoms with Gasteiger partial charge in [0.05, 0.1) is 0 Å². The molecule has 0 aromatic carbocycles. The van der Waals surface area contributed by atoms with E-state index in [1.165, 1.54) is 0 Å². The van der Waals surface area contributed by atoms with E-state index in [9.17, 15) is 9.59 Å². The second-order valence-corrected chi connectivity index (χ2v) is 3.92. The summed E-state index contributed by atoms with van der Waals surface area (Å²) in [6, 6.07) is 0. The van der Waals surface area contributed by atoms with Crippen molar-refractivity contribution in [2.75, 3.05) is 0 Å². The average Bonchev–Trinajstić information content (AvgIpc) is 2.05. The molecule has 3 heteroatoms. The van der Waals surface area contributed by atoms with Crippen molar-refractivity contribution in [2.45, 2.75) is 10.7 Å². The van der Waals surface area contributed by atoms with E-state index in [2.05, 4.69) is 15.9 Å². The number of allylic oxidation sites excluding steroid dienone is 4. The molecular formula is C8H7BrO2. The van der Waals surface area contributed by atoms with E-state index in [0.29, 0.717) is 12.0 Å². The molecule has 2 nitrogen and oxygen atoms in total. The molecule has 1 rings (SSSR count). The van der Waals surface area contributed by atoms with E-state index in [-0.39, 0.29) is 0 Å². The maximum atomic E-state index is 10.5. The lowest BCUT2D eigenvalue weighted by Crippen LogP contribution is -2.22. The van der Waals surface area contributed by atoms with Crippen LogP contribution < -0.4 is 0 Å². The monoisotopic (exact) mass is 214 g/mol. The predicted octanol–water partition coefficient (Wildman–Crippen LogP) is 1.40. The van der Waals surface area contributed by atoms with Crippen LogP contribution in [0.2, 0.25) is 0 Å². The van der Waals surface area contributed by atoms with Gasteiger partial charge in [-0.05, 0) is 5.57 Å². The van der Waals surface area contributed by atoms with Gasteiger partial charge in [0.2, 0.25) is 0 Å². The Labute approximate surface area is 73.1 Å². The van der Waals surface area contributed by atoms with Gasteiger partial charge in [0.1, 0.15) is 16.9 Å². The lowest BCUT2D eigenvalue weighted by atomic mass is 9.96. The average molecular weight is 215 g/mol. The molecular weight excluding hydrogens is 208 g/mol. The van der Waals surface area contributed by atoms with Gasteiger partial charge in [-0.15, -0.1) is 0 Å². The van der Waals surface area contributed by atoms with Crippen molar-refractivity contribution < 1.29 is 9.59 Å². The number of hydrogen-bond acceptors (Lipinski definition) is 2. The zero-order chi connectivity index (χ0) is 8.32. The van der Waals surface area contributed by atoms with Gasteiger partial charge in [-0.2, -0.15) is 0 Å². The molecule has 0 aromatic rings. The van der Waals surface area contributed by atoms with E-state index >= 15 is 0 Å². The van der Waals surface area contributed by atoms with Gasteiger partial charge in [-0.1, -0.05) is 34.2 Å². The number of rotatable bonds is 2. The van der Waals surface area contributed by atoms with Crippen LogP contribution in [0.5, 0.6) is 0 Å². The van der Waals surface area contributed by atoms with E-state index in [1.54, 1.807) is 18.2 Å². The minimum Gasteiger partial charge on any atom is -0.301 e. The van der Waals surface area contributed by atoms with Gasteiger partial charge < -0.3 is 4.79 Å². The summed E-state index contributed by atoms with van der Waals surface area (Å²) in [5, 5.41) is 0. The highest BCUT2D eigenvalue weighted by Gasteiger charge is 2.25. The Morgan fingerprint density at radius 2 is 2.27 bits per heavy atom. The number of alkyl halides is 1. The van der Waals surface area contributed by atoms with Gasteiger partial charge in [-0.25, -0.2) is 0 Å². The van der Waals surface area contributed by atoms with Crippen LogP contribution in [0.4, 0.5) is 0 Å². The molecule has 0 amide bonds. The summed E-state index contributed by atoms with van der Waals surface area (Å²) in [6.07, 6.45) is 7.14. The van der Waals surface area contributed by atoms with E-state index < -0.39 is 4.32 Å². The van der Waals surface area contributed by atoms with E-state index in [1.807, 2.05) is 0 Å². The summed E-state index contributed by atoms with van der Waals surface area (Å²) < 4.78 is -0.655. The maximum absolute atomic E-state index is 10.5. The number of carbonyl (C=O) groups excluding carboxylic acids is 2. The highest BCUT2D eigenvalue weighted by Crippen LogP contribution is 2.28. The second kappa shape index (κ2) is 3.13. The minimum atomic E-state index is -0.655. The third kappa shape index (κ3) is 1.87. The van der Waals surface area contributed by atoms with Gasteiger partial charge in [0.15, 0.2) is 0 Å². The fourth-order valence-electron chi connectivity index (χ4n) is 0.924. The summed E-state index contributed by atoms with van der Waals surface area (Å²) >= 11 is 3.22.